The molecule has 0 aromatic heterocycles. The van der Waals surface area contributed by atoms with Crippen LogP contribution in [-0.2, 0) is 0 Å². The second-order valence-electron chi connectivity index (χ2n) is 7.51. The largest absolute Gasteiger partial charge is 0.507 e. The van der Waals surface area contributed by atoms with Crippen molar-refractivity contribution in [2.24, 2.45) is 4.99 Å². The molecule has 1 N–H and O–H groups in total. The average Bonchev–Trinajstić information content (AvgIpc) is 2.83. The Kier molecular flexibility index (Phi) is 8.65. The second kappa shape index (κ2) is 12.1. The number of nitrogens with zero attached hydrogens (tertiary/aromatic N) is 2. The number of para-hydroxylation sites is 1. The maximum atomic E-state index is 9.83. The Morgan fingerprint density at radius 1 is 0.969 bits per heavy atom. The van der Waals surface area contributed by atoms with E-state index >= 15 is 0 Å². The van der Waals surface area contributed by atoms with Crippen LogP contribution in [-0.4, -0.2) is 17.9 Å². The number of aromatic hydroxyl groups is 1. The number of hydrogen-bond donors (Lipinski definition) is 1. The molecule has 32 heavy (non-hydrogen) atoms. The van der Waals surface area contributed by atoms with Crippen LogP contribution in [0.3, 0.4) is 0 Å². The molecule has 0 heterocycles. The summed E-state index contributed by atoms with van der Waals surface area (Å²) in [4.78, 5) is 4.40. The summed E-state index contributed by atoms with van der Waals surface area (Å²) in [6.07, 6.45) is 8.22. The van der Waals surface area contributed by atoms with E-state index in [4.69, 9.17) is 4.74 Å². The molecule has 0 bridgehead atoms. The molecular formula is C28H28N2O2. The van der Waals surface area contributed by atoms with Gasteiger partial charge in [0, 0.05) is 11.8 Å². The van der Waals surface area contributed by atoms with Gasteiger partial charge in [-0.25, -0.2) is 0 Å². The van der Waals surface area contributed by atoms with Crippen LogP contribution in [0.2, 0.25) is 0 Å². The smallest absolute Gasteiger partial charge is 0.124 e. The molecule has 0 atom stereocenters. The average molecular weight is 425 g/mol. The monoisotopic (exact) mass is 424 g/mol. The number of ether oxygens (including phenoxy) is 1. The number of allylic oxidation sites excluding steroid dienone is 1. The van der Waals surface area contributed by atoms with Gasteiger partial charge in [0.25, 0.3) is 0 Å². The van der Waals surface area contributed by atoms with Crippen LogP contribution < -0.4 is 4.74 Å². The molecule has 0 aliphatic rings. The number of aliphatic imine (C=N–C) groups is 1. The van der Waals surface area contributed by atoms with Crippen molar-refractivity contribution in [1.29, 1.82) is 5.26 Å². The van der Waals surface area contributed by atoms with Gasteiger partial charge >= 0.3 is 0 Å². The molecule has 3 rings (SSSR count). The van der Waals surface area contributed by atoms with Crippen LogP contribution in [0.5, 0.6) is 11.5 Å². The number of rotatable bonds is 10. The molecule has 4 heteroatoms. The van der Waals surface area contributed by atoms with E-state index in [0.717, 1.165) is 35.6 Å². The molecule has 3 aromatic carbocycles. The highest BCUT2D eigenvalue weighted by molar-refractivity contribution is 5.90. The standard InChI is InChI=1S/C28H28N2O2/c1-2-3-4-7-18-32-27-16-10-22(11-17-27)19-25(20-29)23-12-14-26(15-13-23)30-21-24-8-5-6-9-28(24)31/h5-6,8-17,19,21,31H,2-4,7,18H2,1H3/b25-19+,30-21?. The molecule has 0 saturated heterocycles. The summed E-state index contributed by atoms with van der Waals surface area (Å²) in [7, 11) is 0. The van der Waals surface area contributed by atoms with Crippen molar-refractivity contribution in [2.45, 2.75) is 32.6 Å². The fourth-order valence-corrected chi connectivity index (χ4v) is 3.19. The molecule has 0 radical (unpaired) electrons. The van der Waals surface area contributed by atoms with E-state index in [9.17, 15) is 10.4 Å². The summed E-state index contributed by atoms with van der Waals surface area (Å²) in [5.74, 6) is 1.04. The Balaban J connectivity index is 1.63. The molecule has 0 aliphatic carbocycles. The van der Waals surface area contributed by atoms with Crippen molar-refractivity contribution in [3.63, 3.8) is 0 Å². The number of unbranched alkanes of at least 4 members (excludes halogenated alkanes) is 3. The molecular weight excluding hydrogens is 396 g/mol. The van der Waals surface area contributed by atoms with Crippen molar-refractivity contribution in [3.8, 4) is 17.6 Å². The lowest BCUT2D eigenvalue weighted by atomic mass is 10.0. The van der Waals surface area contributed by atoms with Crippen LogP contribution in [0.25, 0.3) is 11.6 Å². The van der Waals surface area contributed by atoms with Gasteiger partial charge in [0.15, 0.2) is 0 Å². The summed E-state index contributed by atoms with van der Waals surface area (Å²) >= 11 is 0. The lowest BCUT2D eigenvalue weighted by Gasteiger charge is -2.06. The highest BCUT2D eigenvalue weighted by Crippen LogP contribution is 2.23. The lowest BCUT2D eigenvalue weighted by Crippen LogP contribution is -1.96. The third-order valence-electron chi connectivity index (χ3n) is 5.05. The molecule has 0 spiro atoms. The quantitative estimate of drug-likeness (QED) is 0.162. The van der Waals surface area contributed by atoms with Crippen molar-refractivity contribution in [2.75, 3.05) is 6.61 Å². The Morgan fingerprint density at radius 3 is 2.41 bits per heavy atom. The predicted molar refractivity (Wildman–Crippen MR) is 131 cm³/mol. The number of phenolic OH excluding ortho intramolecular Hbond substituents is 1. The van der Waals surface area contributed by atoms with Crippen molar-refractivity contribution in [3.05, 3.63) is 89.5 Å². The van der Waals surface area contributed by atoms with Crippen molar-refractivity contribution >= 4 is 23.6 Å². The van der Waals surface area contributed by atoms with E-state index in [1.54, 1.807) is 24.4 Å². The number of nitriles is 1. The molecule has 0 fully saturated rings. The summed E-state index contributed by atoms with van der Waals surface area (Å²) in [5, 5.41) is 19.5. The highest BCUT2D eigenvalue weighted by Gasteiger charge is 2.03. The summed E-state index contributed by atoms with van der Waals surface area (Å²) in [5.41, 5.74) is 3.75. The molecule has 0 aliphatic heterocycles. The van der Waals surface area contributed by atoms with Crippen LogP contribution in [0.4, 0.5) is 5.69 Å². The van der Waals surface area contributed by atoms with Crippen LogP contribution in [0, 0.1) is 11.3 Å². The molecule has 3 aromatic rings. The zero-order valence-electron chi connectivity index (χ0n) is 18.4. The molecule has 4 nitrogen and oxygen atoms in total. The third-order valence-corrected chi connectivity index (χ3v) is 5.05. The first-order valence-corrected chi connectivity index (χ1v) is 11.0. The van der Waals surface area contributed by atoms with Crippen LogP contribution in [0.15, 0.2) is 77.8 Å². The fourth-order valence-electron chi connectivity index (χ4n) is 3.19. The molecule has 0 saturated carbocycles. The van der Waals surface area contributed by atoms with E-state index in [1.165, 1.54) is 19.3 Å². The molecule has 0 unspecified atom stereocenters. The Labute approximate surface area is 190 Å². The van der Waals surface area contributed by atoms with Crippen LogP contribution >= 0.6 is 0 Å². The minimum atomic E-state index is 0.190. The van der Waals surface area contributed by atoms with Crippen molar-refractivity contribution in [1.82, 2.24) is 0 Å². The predicted octanol–water partition coefficient (Wildman–Crippen LogP) is 7.17. The second-order valence-corrected chi connectivity index (χ2v) is 7.51. The first-order valence-electron chi connectivity index (χ1n) is 11.0. The van der Waals surface area contributed by atoms with Gasteiger partial charge in [-0.05, 0) is 60.0 Å². The first kappa shape index (κ1) is 22.8. The Morgan fingerprint density at radius 2 is 1.72 bits per heavy atom. The maximum absolute atomic E-state index is 9.83. The highest BCUT2D eigenvalue weighted by atomic mass is 16.5. The first-order chi connectivity index (χ1) is 15.7. The summed E-state index contributed by atoms with van der Waals surface area (Å²) in [6, 6.07) is 24.6. The van der Waals surface area contributed by atoms with E-state index in [2.05, 4.69) is 18.0 Å². The maximum Gasteiger partial charge on any atom is 0.124 e. The van der Waals surface area contributed by atoms with Gasteiger partial charge in [-0.3, -0.25) is 4.99 Å². The van der Waals surface area contributed by atoms with E-state index in [1.807, 2.05) is 60.7 Å². The van der Waals surface area contributed by atoms with Gasteiger partial charge in [-0.15, -0.1) is 0 Å². The molecule has 0 amide bonds. The minimum absolute atomic E-state index is 0.190. The Bertz CT molecular complexity index is 1090. The Hall–Kier alpha value is -3.84. The zero-order chi connectivity index (χ0) is 22.6. The van der Waals surface area contributed by atoms with Crippen molar-refractivity contribution < 1.29 is 9.84 Å². The van der Waals surface area contributed by atoms with Gasteiger partial charge in [-0.2, -0.15) is 5.26 Å². The van der Waals surface area contributed by atoms with E-state index in [-0.39, 0.29) is 5.75 Å². The number of phenols is 1. The third kappa shape index (κ3) is 6.85. The normalized spacial score (nSPS) is 11.4. The van der Waals surface area contributed by atoms with Gasteiger partial charge in [0.2, 0.25) is 0 Å². The molecule has 162 valence electrons. The summed E-state index contributed by atoms with van der Waals surface area (Å²) in [6.45, 7) is 2.93. The number of benzene rings is 3. The SMILES string of the molecule is CCCCCCOc1ccc(/C=C(\C#N)c2ccc(N=Cc3ccccc3O)cc2)cc1. The van der Waals surface area contributed by atoms with E-state index in [0.29, 0.717) is 11.1 Å². The number of hydrogen-bond acceptors (Lipinski definition) is 4. The van der Waals surface area contributed by atoms with Gasteiger partial charge in [-0.1, -0.05) is 62.6 Å². The zero-order valence-corrected chi connectivity index (χ0v) is 18.4. The topological polar surface area (TPSA) is 65.6 Å². The fraction of sp³-hybridized carbons (Fsp3) is 0.214. The van der Waals surface area contributed by atoms with E-state index < -0.39 is 0 Å². The van der Waals surface area contributed by atoms with Gasteiger partial charge < -0.3 is 9.84 Å². The lowest BCUT2D eigenvalue weighted by molar-refractivity contribution is 0.305. The van der Waals surface area contributed by atoms with Crippen LogP contribution in [0.1, 0.15) is 49.3 Å². The minimum Gasteiger partial charge on any atom is -0.507 e. The van der Waals surface area contributed by atoms with Gasteiger partial charge in [0.05, 0.1) is 23.9 Å². The van der Waals surface area contributed by atoms with Gasteiger partial charge in [0.1, 0.15) is 11.5 Å². The summed E-state index contributed by atoms with van der Waals surface area (Å²) < 4.78 is 5.78.